The van der Waals surface area contributed by atoms with Gasteiger partial charge in [0.25, 0.3) is 0 Å². The zero-order valence-corrected chi connectivity index (χ0v) is 18.6. The molecule has 2 aromatic heterocycles. The van der Waals surface area contributed by atoms with Crippen molar-refractivity contribution in [3.8, 4) is 11.5 Å². The fourth-order valence-corrected chi connectivity index (χ4v) is 4.31. The van der Waals surface area contributed by atoms with Crippen LogP contribution >= 0.6 is 35.0 Å². The summed E-state index contributed by atoms with van der Waals surface area (Å²) in [6.07, 6.45) is -0.733. The van der Waals surface area contributed by atoms with Gasteiger partial charge in [-0.3, -0.25) is 4.40 Å². The monoisotopic (exact) mass is 463 g/mol. The van der Waals surface area contributed by atoms with Crippen molar-refractivity contribution in [1.29, 1.82) is 0 Å². The molecule has 30 heavy (non-hydrogen) atoms. The first kappa shape index (κ1) is 21.1. The van der Waals surface area contributed by atoms with Crippen LogP contribution in [-0.2, 0) is 0 Å². The lowest BCUT2D eigenvalue weighted by Crippen LogP contribution is -2.20. The zero-order valence-electron chi connectivity index (χ0n) is 16.3. The van der Waals surface area contributed by atoms with Crippen molar-refractivity contribution in [1.82, 2.24) is 14.6 Å². The molecule has 2 heterocycles. The van der Waals surface area contributed by atoms with Crippen molar-refractivity contribution in [3.63, 3.8) is 0 Å². The number of aromatic nitrogens is 3. The molecule has 0 saturated heterocycles. The molecule has 156 valence electrons. The minimum absolute atomic E-state index is 0.0808. The SMILES string of the molecule is COc1ccc2c(C)cc3nnc(SCC(O)COc4cc(Cl)ccc4Cl)n3c2c1. The van der Waals surface area contributed by atoms with E-state index in [2.05, 4.69) is 10.2 Å². The normalized spacial score (nSPS) is 12.4. The average molecular weight is 464 g/mol. The lowest BCUT2D eigenvalue weighted by atomic mass is 10.1. The summed E-state index contributed by atoms with van der Waals surface area (Å²) < 4.78 is 13.0. The topological polar surface area (TPSA) is 68.9 Å². The number of aryl methyl sites for hydroxylation is 1. The summed E-state index contributed by atoms with van der Waals surface area (Å²) in [5.74, 6) is 1.57. The maximum atomic E-state index is 10.4. The van der Waals surface area contributed by atoms with E-state index in [1.54, 1.807) is 25.3 Å². The molecule has 0 spiro atoms. The third kappa shape index (κ3) is 4.30. The molecule has 0 amide bonds. The van der Waals surface area contributed by atoms with Gasteiger partial charge < -0.3 is 14.6 Å². The van der Waals surface area contributed by atoms with E-state index in [0.717, 1.165) is 27.9 Å². The summed E-state index contributed by atoms with van der Waals surface area (Å²) >= 11 is 13.5. The lowest BCUT2D eigenvalue weighted by Gasteiger charge is -2.13. The van der Waals surface area contributed by atoms with E-state index in [9.17, 15) is 5.11 Å². The molecule has 4 aromatic rings. The van der Waals surface area contributed by atoms with Gasteiger partial charge in [0.2, 0.25) is 0 Å². The number of rotatable bonds is 7. The average Bonchev–Trinajstić information content (AvgIpc) is 3.15. The number of hydrogen-bond acceptors (Lipinski definition) is 6. The van der Waals surface area contributed by atoms with Gasteiger partial charge in [-0.2, -0.15) is 0 Å². The number of halogens is 2. The Hall–Kier alpha value is -2.19. The van der Waals surface area contributed by atoms with Crippen molar-refractivity contribution in [2.45, 2.75) is 18.2 Å². The molecule has 0 saturated carbocycles. The van der Waals surface area contributed by atoms with Crippen LogP contribution in [0.3, 0.4) is 0 Å². The molecule has 1 unspecified atom stereocenters. The van der Waals surface area contributed by atoms with Gasteiger partial charge in [-0.1, -0.05) is 35.0 Å². The van der Waals surface area contributed by atoms with Crippen LogP contribution in [-0.4, -0.2) is 45.3 Å². The Kier molecular flexibility index (Phi) is 6.24. The van der Waals surface area contributed by atoms with E-state index in [1.165, 1.54) is 11.8 Å². The first-order chi connectivity index (χ1) is 14.5. The third-order valence-corrected chi connectivity index (χ3v) is 6.23. The largest absolute Gasteiger partial charge is 0.497 e. The molecule has 0 aliphatic rings. The van der Waals surface area contributed by atoms with E-state index in [-0.39, 0.29) is 6.61 Å². The maximum absolute atomic E-state index is 10.4. The predicted octanol–water partition coefficient (Wildman–Crippen LogP) is 5.04. The van der Waals surface area contributed by atoms with Crippen LogP contribution in [0, 0.1) is 6.92 Å². The summed E-state index contributed by atoms with van der Waals surface area (Å²) in [6, 6.07) is 12.9. The Morgan fingerprint density at radius 2 is 1.97 bits per heavy atom. The summed E-state index contributed by atoms with van der Waals surface area (Å²) in [5, 5.41) is 21.7. The van der Waals surface area contributed by atoms with Gasteiger partial charge in [0.15, 0.2) is 10.8 Å². The molecule has 0 aliphatic heterocycles. The smallest absolute Gasteiger partial charge is 0.196 e. The highest BCUT2D eigenvalue weighted by Gasteiger charge is 2.15. The van der Waals surface area contributed by atoms with Crippen LogP contribution in [0.15, 0.2) is 47.6 Å². The van der Waals surface area contributed by atoms with Gasteiger partial charge in [0.1, 0.15) is 18.1 Å². The number of thioether (sulfide) groups is 1. The molecule has 0 radical (unpaired) electrons. The van der Waals surface area contributed by atoms with Crippen LogP contribution in [0.4, 0.5) is 0 Å². The van der Waals surface area contributed by atoms with Crippen LogP contribution in [0.1, 0.15) is 5.56 Å². The van der Waals surface area contributed by atoms with E-state index < -0.39 is 6.10 Å². The molecule has 0 aliphatic carbocycles. The highest BCUT2D eigenvalue weighted by molar-refractivity contribution is 7.99. The Morgan fingerprint density at radius 3 is 2.77 bits per heavy atom. The lowest BCUT2D eigenvalue weighted by molar-refractivity contribution is 0.126. The van der Waals surface area contributed by atoms with Gasteiger partial charge in [-0.05, 0) is 42.8 Å². The Morgan fingerprint density at radius 1 is 1.13 bits per heavy atom. The first-order valence-corrected chi connectivity index (χ1v) is 10.9. The van der Waals surface area contributed by atoms with Crippen LogP contribution in [0.5, 0.6) is 11.5 Å². The van der Waals surface area contributed by atoms with E-state index in [1.807, 2.05) is 35.6 Å². The Bertz CT molecular complexity index is 1220. The molecule has 6 nitrogen and oxygen atoms in total. The van der Waals surface area contributed by atoms with E-state index >= 15 is 0 Å². The molecule has 0 bridgehead atoms. The van der Waals surface area contributed by atoms with Gasteiger partial charge in [0.05, 0.1) is 23.8 Å². The Balaban J connectivity index is 1.52. The molecule has 0 fully saturated rings. The van der Waals surface area contributed by atoms with Gasteiger partial charge >= 0.3 is 0 Å². The minimum Gasteiger partial charge on any atom is -0.497 e. The van der Waals surface area contributed by atoms with Crippen LogP contribution < -0.4 is 9.47 Å². The van der Waals surface area contributed by atoms with Crippen LogP contribution in [0.25, 0.3) is 16.6 Å². The van der Waals surface area contributed by atoms with Crippen LogP contribution in [0.2, 0.25) is 10.0 Å². The molecule has 4 rings (SSSR count). The minimum atomic E-state index is -0.733. The second kappa shape index (κ2) is 8.89. The number of ether oxygens (including phenoxy) is 2. The summed E-state index contributed by atoms with van der Waals surface area (Å²) in [4.78, 5) is 0. The van der Waals surface area contributed by atoms with E-state index in [4.69, 9.17) is 32.7 Å². The van der Waals surface area contributed by atoms with Gasteiger partial charge in [0, 0.05) is 28.3 Å². The highest BCUT2D eigenvalue weighted by atomic mass is 35.5. The van der Waals surface area contributed by atoms with Crippen molar-refractivity contribution in [3.05, 3.63) is 58.1 Å². The van der Waals surface area contributed by atoms with E-state index in [0.29, 0.717) is 26.7 Å². The first-order valence-electron chi connectivity index (χ1n) is 9.17. The van der Waals surface area contributed by atoms with Crippen molar-refractivity contribution in [2.75, 3.05) is 19.5 Å². The third-order valence-electron chi connectivity index (χ3n) is 4.60. The van der Waals surface area contributed by atoms with Gasteiger partial charge in [-0.25, -0.2) is 0 Å². The zero-order chi connectivity index (χ0) is 21.3. The number of methoxy groups -OCH3 is 1. The number of aliphatic hydroxyl groups excluding tert-OH is 1. The summed E-state index contributed by atoms with van der Waals surface area (Å²) in [7, 11) is 1.64. The fourth-order valence-electron chi connectivity index (χ4n) is 3.12. The quantitative estimate of drug-likeness (QED) is 0.387. The summed E-state index contributed by atoms with van der Waals surface area (Å²) in [5.41, 5.74) is 2.80. The van der Waals surface area contributed by atoms with Crippen molar-refractivity contribution in [2.24, 2.45) is 0 Å². The molecule has 1 N–H and O–H groups in total. The summed E-state index contributed by atoms with van der Waals surface area (Å²) in [6.45, 7) is 2.12. The number of pyridine rings is 1. The maximum Gasteiger partial charge on any atom is 0.196 e. The number of hydrogen-bond donors (Lipinski definition) is 1. The van der Waals surface area contributed by atoms with Gasteiger partial charge in [-0.15, -0.1) is 10.2 Å². The number of nitrogens with zero attached hydrogens (tertiary/aromatic N) is 3. The molecule has 2 aromatic carbocycles. The second-order valence-corrected chi connectivity index (χ2v) is 8.57. The fraction of sp³-hybridized carbons (Fsp3) is 0.238. The molecular formula is C21H19Cl2N3O3S. The molecule has 9 heteroatoms. The number of aliphatic hydroxyl groups is 1. The Labute approximate surface area is 187 Å². The molecule has 1 atom stereocenters. The molecular weight excluding hydrogens is 445 g/mol. The number of fused-ring (bicyclic) bond motifs is 3. The predicted molar refractivity (Wildman–Crippen MR) is 120 cm³/mol. The standard InChI is InChI=1S/C21H19Cl2N3O3S/c1-12-7-20-24-25-21(26(20)18-9-15(28-2)4-5-16(12)18)30-11-14(27)10-29-19-8-13(22)3-6-17(19)23/h3-9,14,27H,10-11H2,1-2H3. The number of benzene rings is 2. The highest BCUT2D eigenvalue weighted by Crippen LogP contribution is 2.30. The van der Waals surface area contributed by atoms with Crippen molar-refractivity contribution < 1.29 is 14.6 Å². The second-order valence-electron chi connectivity index (χ2n) is 6.74. The van der Waals surface area contributed by atoms with Crippen molar-refractivity contribution >= 4 is 51.5 Å².